The third-order valence-corrected chi connectivity index (χ3v) is 3.71. The highest BCUT2D eigenvalue weighted by Gasteiger charge is 2.11. The minimum atomic E-state index is 0. The number of thiazole rings is 1. The van der Waals surface area contributed by atoms with Crippen molar-refractivity contribution in [2.24, 2.45) is 0 Å². The zero-order valence-electron chi connectivity index (χ0n) is 11.7. The molecule has 0 aliphatic carbocycles. The molecule has 0 saturated carbocycles. The van der Waals surface area contributed by atoms with Gasteiger partial charge in [0.15, 0.2) is 0 Å². The highest BCUT2D eigenvalue weighted by Crippen LogP contribution is 2.14. The molecule has 0 aliphatic rings. The zero-order valence-corrected chi connectivity index (χ0v) is 14.1. The van der Waals surface area contributed by atoms with Crippen LogP contribution in [0.3, 0.4) is 0 Å². The fourth-order valence-corrected chi connectivity index (χ4v) is 2.49. The third-order valence-electron chi connectivity index (χ3n) is 2.94. The number of halogens is 2. The Morgan fingerprint density at radius 2 is 2.05 bits per heavy atom. The molecule has 0 fully saturated rings. The van der Waals surface area contributed by atoms with Crippen molar-refractivity contribution in [3.05, 3.63) is 46.4 Å². The van der Waals surface area contributed by atoms with Gasteiger partial charge < -0.3 is 10.6 Å². The van der Waals surface area contributed by atoms with Gasteiger partial charge in [0.05, 0.1) is 6.54 Å². The summed E-state index contributed by atoms with van der Waals surface area (Å²) in [5, 5.41) is 2.87. The van der Waals surface area contributed by atoms with Crippen LogP contribution in [-0.4, -0.2) is 22.8 Å². The number of aromatic nitrogens is 1. The number of benzene rings is 1. The van der Waals surface area contributed by atoms with E-state index >= 15 is 0 Å². The van der Waals surface area contributed by atoms with Crippen molar-refractivity contribution >= 4 is 47.7 Å². The smallest absolute Gasteiger partial charge is 0.223 e. The van der Waals surface area contributed by atoms with Crippen LogP contribution in [0.1, 0.15) is 17.0 Å². The van der Waals surface area contributed by atoms with Crippen molar-refractivity contribution in [3.8, 4) is 0 Å². The number of aryl methyl sites for hydroxylation is 1. The Morgan fingerprint density at radius 1 is 1.33 bits per heavy atom. The Balaban J connectivity index is 0.00000200. The highest BCUT2D eigenvalue weighted by atomic mass is 35.5. The highest BCUT2D eigenvalue weighted by molar-refractivity contribution is 7.09. The number of nitrogens with zero attached hydrogens (tertiary/aromatic N) is 2. The predicted octanol–water partition coefficient (Wildman–Crippen LogP) is 3.16. The molecule has 0 saturated heterocycles. The fraction of sp³-hybridized carbons (Fsp3) is 0.286. The summed E-state index contributed by atoms with van der Waals surface area (Å²) in [6, 6.07) is 7.66. The molecule has 2 rings (SSSR count). The molecule has 0 atom stereocenters. The van der Waals surface area contributed by atoms with Crippen LogP contribution < -0.4 is 5.73 Å². The molecule has 0 unspecified atom stereocenters. The van der Waals surface area contributed by atoms with Crippen molar-refractivity contribution in [1.29, 1.82) is 0 Å². The molecule has 2 aromatic rings. The summed E-state index contributed by atoms with van der Waals surface area (Å²) >= 11 is 1.56. The van der Waals surface area contributed by atoms with E-state index in [1.165, 1.54) is 0 Å². The molecule has 0 spiro atoms. The fourth-order valence-electron chi connectivity index (χ4n) is 1.82. The minimum Gasteiger partial charge on any atom is -0.399 e. The molecular weight excluding hydrogens is 329 g/mol. The summed E-state index contributed by atoms with van der Waals surface area (Å²) in [7, 11) is 1.80. The van der Waals surface area contributed by atoms with Gasteiger partial charge in [-0.05, 0) is 18.1 Å². The topological polar surface area (TPSA) is 59.2 Å². The Morgan fingerprint density at radius 3 is 2.67 bits per heavy atom. The maximum absolute atomic E-state index is 12.0. The molecular formula is C14H19Cl2N3OS. The van der Waals surface area contributed by atoms with Crippen LogP contribution in [0.25, 0.3) is 0 Å². The Hall–Kier alpha value is -1.30. The van der Waals surface area contributed by atoms with Gasteiger partial charge in [0.25, 0.3) is 0 Å². The van der Waals surface area contributed by atoms with E-state index in [2.05, 4.69) is 4.98 Å². The number of amides is 1. The molecule has 0 radical (unpaired) electrons. The van der Waals surface area contributed by atoms with Gasteiger partial charge in [-0.1, -0.05) is 18.2 Å². The third kappa shape index (κ3) is 5.91. The second kappa shape index (κ2) is 9.60. The Kier molecular flexibility index (Phi) is 9.01. The number of carbonyl (C=O) groups excluding carboxylic acids is 1. The van der Waals surface area contributed by atoms with E-state index in [1.54, 1.807) is 29.5 Å². The summed E-state index contributed by atoms with van der Waals surface area (Å²) in [5.41, 5.74) is 7.63. The van der Waals surface area contributed by atoms with Gasteiger partial charge >= 0.3 is 0 Å². The van der Waals surface area contributed by atoms with Crippen molar-refractivity contribution in [2.45, 2.75) is 19.4 Å². The molecule has 0 aliphatic heterocycles. The average molecular weight is 348 g/mol. The summed E-state index contributed by atoms with van der Waals surface area (Å²) in [6.45, 7) is 0.570. The van der Waals surface area contributed by atoms with Crippen molar-refractivity contribution < 1.29 is 4.79 Å². The molecule has 116 valence electrons. The molecule has 1 aromatic carbocycles. The minimum absolute atomic E-state index is 0. The molecule has 7 heteroatoms. The van der Waals surface area contributed by atoms with Gasteiger partial charge in [0, 0.05) is 30.7 Å². The van der Waals surface area contributed by atoms with E-state index in [4.69, 9.17) is 5.73 Å². The number of rotatable bonds is 5. The van der Waals surface area contributed by atoms with Gasteiger partial charge in [0.1, 0.15) is 5.01 Å². The normalized spacial score (nSPS) is 9.38. The summed E-state index contributed by atoms with van der Waals surface area (Å²) in [5.74, 6) is 0.110. The van der Waals surface area contributed by atoms with E-state index in [9.17, 15) is 4.79 Å². The van der Waals surface area contributed by atoms with E-state index in [1.807, 2.05) is 29.6 Å². The summed E-state index contributed by atoms with van der Waals surface area (Å²) in [4.78, 5) is 17.9. The average Bonchev–Trinajstić information content (AvgIpc) is 2.90. The first-order valence-electron chi connectivity index (χ1n) is 6.12. The molecule has 0 bridgehead atoms. The Bertz CT molecular complexity index is 549. The zero-order chi connectivity index (χ0) is 13.7. The maximum Gasteiger partial charge on any atom is 0.223 e. The molecule has 2 N–H and O–H groups in total. The van der Waals surface area contributed by atoms with Crippen LogP contribution >= 0.6 is 36.2 Å². The lowest BCUT2D eigenvalue weighted by molar-refractivity contribution is -0.130. The van der Waals surface area contributed by atoms with Crippen LogP contribution in [-0.2, 0) is 17.8 Å². The molecule has 1 amide bonds. The standard InChI is InChI=1S/C14H17N3OS.2ClH/c1-17(10-13-16-8-9-19-13)14(18)7-6-11-4-2-3-5-12(11)15;;/h2-5,8-9H,6-7,10,15H2,1H3;2*1H. The quantitative estimate of drug-likeness (QED) is 0.845. The monoisotopic (exact) mass is 347 g/mol. The molecule has 1 heterocycles. The predicted molar refractivity (Wildman–Crippen MR) is 92.3 cm³/mol. The SMILES string of the molecule is CN(Cc1nccs1)C(=O)CCc1ccccc1N.Cl.Cl. The number of hydrogen-bond donors (Lipinski definition) is 1. The van der Waals surface area contributed by atoms with E-state index in [0.717, 1.165) is 16.3 Å². The Labute approximate surface area is 141 Å². The first-order chi connectivity index (χ1) is 9.16. The van der Waals surface area contributed by atoms with Gasteiger partial charge in [-0.2, -0.15) is 0 Å². The van der Waals surface area contributed by atoms with Gasteiger partial charge in [0.2, 0.25) is 5.91 Å². The van der Waals surface area contributed by atoms with Crippen molar-refractivity contribution in [2.75, 3.05) is 12.8 Å². The molecule has 21 heavy (non-hydrogen) atoms. The second-order valence-corrected chi connectivity index (χ2v) is 5.35. The number of nitrogens with two attached hydrogens (primary N) is 1. The summed E-state index contributed by atoms with van der Waals surface area (Å²) < 4.78 is 0. The number of hydrogen-bond acceptors (Lipinski definition) is 4. The number of para-hydroxylation sites is 1. The van der Waals surface area contributed by atoms with Gasteiger partial charge in [-0.15, -0.1) is 36.2 Å². The van der Waals surface area contributed by atoms with E-state index in [-0.39, 0.29) is 30.7 Å². The van der Waals surface area contributed by atoms with Crippen LogP contribution in [0.5, 0.6) is 0 Å². The number of nitrogen functional groups attached to an aromatic ring is 1. The van der Waals surface area contributed by atoms with Crippen LogP contribution in [0.2, 0.25) is 0 Å². The van der Waals surface area contributed by atoms with Crippen molar-refractivity contribution in [1.82, 2.24) is 9.88 Å². The largest absolute Gasteiger partial charge is 0.399 e. The second-order valence-electron chi connectivity index (χ2n) is 4.37. The van der Waals surface area contributed by atoms with Crippen molar-refractivity contribution in [3.63, 3.8) is 0 Å². The summed E-state index contributed by atoms with van der Waals surface area (Å²) in [6.07, 6.45) is 2.90. The van der Waals surface area contributed by atoms with Crippen LogP contribution in [0.4, 0.5) is 5.69 Å². The first kappa shape index (κ1) is 19.7. The number of carbonyl (C=O) groups is 1. The van der Waals surface area contributed by atoms with Gasteiger partial charge in [-0.25, -0.2) is 4.98 Å². The number of anilines is 1. The van der Waals surface area contributed by atoms with E-state index in [0.29, 0.717) is 19.4 Å². The first-order valence-corrected chi connectivity index (χ1v) is 7.00. The van der Waals surface area contributed by atoms with E-state index < -0.39 is 0 Å². The van der Waals surface area contributed by atoms with Gasteiger partial charge in [-0.3, -0.25) is 4.79 Å². The van der Waals surface area contributed by atoms with Crippen LogP contribution in [0.15, 0.2) is 35.8 Å². The molecule has 1 aromatic heterocycles. The molecule has 4 nitrogen and oxygen atoms in total. The lowest BCUT2D eigenvalue weighted by Gasteiger charge is -2.15. The lowest BCUT2D eigenvalue weighted by Crippen LogP contribution is -2.26. The maximum atomic E-state index is 12.0. The lowest BCUT2D eigenvalue weighted by atomic mass is 10.1. The van der Waals surface area contributed by atoms with Crippen LogP contribution in [0, 0.1) is 0 Å².